The van der Waals surface area contributed by atoms with Gasteiger partial charge in [-0.05, 0) is 30.7 Å². The average molecular weight is 254 g/mol. The monoisotopic (exact) mass is 253 g/mol. The number of hydrogen-bond donors (Lipinski definition) is 2. The molecule has 4 heteroatoms. The maximum Gasteiger partial charge on any atom is 0.149 e. The fourth-order valence-electron chi connectivity index (χ4n) is 2.65. The zero-order valence-corrected chi connectivity index (χ0v) is 11.1. The van der Waals surface area contributed by atoms with E-state index in [-0.39, 0.29) is 0 Å². The van der Waals surface area contributed by atoms with Crippen LogP contribution in [0.1, 0.15) is 39.0 Å². The van der Waals surface area contributed by atoms with Crippen molar-refractivity contribution in [2.45, 2.75) is 39.0 Å². The van der Waals surface area contributed by atoms with Crippen molar-refractivity contribution < 1.29 is 0 Å². The van der Waals surface area contributed by atoms with Crippen molar-refractivity contribution >= 4 is 23.1 Å². The topological polar surface area (TPSA) is 50.9 Å². The van der Waals surface area contributed by atoms with Gasteiger partial charge in [-0.3, -0.25) is 0 Å². The van der Waals surface area contributed by atoms with Crippen LogP contribution in [0.2, 0.25) is 5.02 Å². The van der Waals surface area contributed by atoms with Crippen LogP contribution in [0, 0.1) is 5.41 Å². The minimum atomic E-state index is 0.438. The van der Waals surface area contributed by atoms with E-state index in [1.807, 2.05) is 0 Å². The molecule has 0 saturated heterocycles. The number of nitrogens with one attached hydrogen (secondary N) is 1. The van der Waals surface area contributed by atoms with Crippen LogP contribution in [-0.4, -0.2) is 11.5 Å². The zero-order chi connectivity index (χ0) is 12.3. The first-order valence-electron chi connectivity index (χ1n) is 6.30. The minimum Gasteiger partial charge on any atom is -0.396 e. The molecule has 0 bridgehead atoms. The normalized spacial score (nSPS) is 18.2. The first-order valence-corrected chi connectivity index (χ1v) is 6.68. The predicted octanol–water partition coefficient (Wildman–Crippen LogP) is 3.70. The third kappa shape index (κ3) is 2.83. The van der Waals surface area contributed by atoms with Crippen molar-refractivity contribution in [3.8, 4) is 0 Å². The molecule has 1 aromatic heterocycles. The van der Waals surface area contributed by atoms with Crippen LogP contribution >= 0.6 is 11.6 Å². The summed E-state index contributed by atoms with van der Waals surface area (Å²) in [5.41, 5.74) is 6.95. The van der Waals surface area contributed by atoms with Gasteiger partial charge in [0.05, 0.1) is 10.7 Å². The van der Waals surface area contributed by atoms with E-state index < -0.39 is 0 Å². The number of halogens is 1. The molecular formula is C13H20ClN3. The van der Waals surface area contributed by atoms with Crippen LogP contribution in [0.25, 0.3) is 0 Å². The Morgan fingerprint density at radius 3 is 2.76 bits per heavy atom. The fraction of sp³-hybridized carbons (Fsp3) is 0.615. The molecule has 94 valence electrons. The summed E-state index contributed by atoms with van der Waals surface area (Å²) >= 11 is 5.83. The van der Waals surface area contributed by atoms with Crippen LogP contribution in [0.5, 0.6) is 0 Å². The Hall–Kier alpha value is -0.960. The summed E-state index contributed by atoms with van der Waals surface area (Å²) in [6, 6.07) is 1.74. The number of rotatable bonds is 4. The molecule has 2 rings (SSSR count). The Morgan fingerprint density at radius 2 is 2.18 bits per heavy atom. The van der Waals surface area contributed by atoms with Gasteiger partial charge >= 0.3 is 0 Å². The van der Waals surface area contributed by atoms with Gasteiger partial charge in [-0.1, -0.05) is 31.4 Å². The van der Waals surface area contributed by atoms with Crippen LogP contribution in [0.3, 0.4) is 0 Å². The Balaban J connectivity index is 2.01. The molecule has 1 heterocycles. The van der Waals surface area contributed by atoms with Gasteiger partial charge in [0.2, 0.25) is 0 Å². The molecule has 0 radical (unpaired) electrons. The van der Waals surface area contributed by atoms with E-state index in [4.69, 9.17) is 17.3 Å². The molecule has 3 N–H and O–H groups in total. The van der Waals surface area contributed by atoms with Gasteiger partial charge in [0.25, 0.3) is 0 Å². The largest absolute Gasteiger partial charge is 0.396 e. The second-order valence-corrected chi connectivity index (χ2v) is 5.44. The van der Waals surface area contributed by atoms with E-state index in [9.17, 15) is 0 Å². The van der Waals surface area contributed by atoms with Gasteiger partial charge < -0.3 is 11.1 Å². The first-order chi connectivity index (χ1) is 8.15. The molecular weight excluding hydrogens is 234 g/mol. The molecule has 17 heavy (non-hydrogen) atoms. The smallest absolute Gasteiger partial charge is 0.149 e. The van der Waals surface area contributed by atoms with Crippen LogP contribution < -0.4 is 11.1 Å². The van der Waals surface area contributed by atoms with Crippen molar-refractivity contribution in [3.63, 3.8) is 0 Å². The van der Waals surface area contributed by atoms with Gasteiger partial charge in [0, 0.05) is 12.7 Å². The maximum absolute atomic E-state index is 5.88. The van der Waals surface area contributed by atoms with Gasteiger partial charge in [-0.15, -0.1) is 0 Å². The quantitative estimate of drug-likeness (QED) is 0.860. The third-order valence-corrected chi connectivity index (χ3v) is 4.14. The number of nitrogens with two attached hydrogens (primary N) is 1. The second kappa shape index (κ2) is 5.13. The van der Waals surface area contributed by atoms with Gasteiger partial charge in [-0.25, -0.2) is 4.98 Å². The van der Waals surface area contributed by atoms with Crippen molar-refractivity contribution in [2.75, 3.05) is 17.6 Å². The minimum absolute atomic E-state index is 0.438. The molecule has 1 aliphatic rings. The molecule has 1 aromatic rings. The highest BCUT2D eigenvalue weighted by Crippen LogP contribution is 2.41. The third-order valence-electron chi connectivity index (χ3n) is 3.93. The Kier molecular flexibility index (Phi) is 3.77. The van der Waals surface area contributed by atoms with E-state index in [2.05, 4.69) is 17.2 Å². The lowest BCUT2D eigenvalue weighted by Crippen LogP contribution is -2.26. The number of pyridine rings is 1. The highest BCUT2D eigenvalue weighted by Gasteiger charge is 2.31. The molecule has 0 spiro atoms. The van der Waals surface area contributed by atoms with Crippen LogP contribution in [0.4, 0.5) is 11.5 Å². The van der Waals surface area contributed by atoms with Gasteiger partial charge in [0.1, 0.15) is 5.82 Å². The fourth-order valence-corrected chi connectivity index (χ4v) is 2.82. The van der Waals surface area contributed by atoms with Crippen molar-refractivity contribution in [3.05, 3.63) is 17.3 Å². The molecule has 0 atom stereocenters. The highest BCUT2D eigenvalue weighted by atomic mass is 35.5. The number of nitrogen functional groups attached to an aromatic ring is 1. The van der Waals surface area contributed by atoms with Crippen LogP contribution in [0.15, 0.2) is 12.3 Å². The number of nitrogens with zero attached hydrogens (tertiary/aromatic N) is 1. The Bertz CT molecular complexity index is 386. The molecule has 1 fully saturated rings. The zero-order valence-electron chi connectivity index (χ0n) is 10.3. The van der Waals surface area contributed by atoms with Crippen molar-refractivity contribution in [2.24, 2.45) is 5.41 Å². The number of anilines is 2. The lowest BCUT2D eigenvalue weighted by Gasteiger charge is -2.28. The van der Waals surface area contributed by atoms with Crippen LogP contribution in [-0.2, 0) is 0 Å². The SMILES string of the molecule is CCC1(CNc2ncc(Cl)cc2N)CCCC1. The van der Waals surface area contributed by atoms with E-state index in [1.165, 1.54) is 32.1 Å². The van der Waals surface area contributed by atoms with E-state index in [1.54, 1.807) is 12.3 Å². The summed E-state index contributed by atoms with van der Waals surface area (Å²) in [4.78, 5) is 4.24. The number of hydrogen-bond acceptors (Lipinski definition) is 3. The lowest BCUT2D eigenvalue weighted by atomic mass is 9.83. The van der Waals surface area contributed by atoms with E-state index in [0.29, 0.717) is 16.1 Å². The first kappa shape index (κ1) is 12.5. The predicted molar refractivity (Wildman–Crippen MR) is 73.3 cm³/mol. The van der Waals surface area contributed by atoms with Crippen molar-refractivity contribution in [1.29, 1.82) is 0 Å². The standard InChI is InChI=1S/C13H20ClN3/c1-2-13(5-3-4-6-13)9-17-12-11(15)7-10(14)8-16-12/h7-8H,2-6,9,15H2,1H3,(H,16,17). The van der Waals surface area contributed by atoms with E-state index in [0.717, 1.165) is 12.4 Å². The van der Waals surface area contributed by atoms with Gasteiger partial charge in [0.15, 0.2) is 0 Å². The molecule has 3 nitrogen and oxygen atoms in total. The summed E-state index contributed by atoms with van der Waals surface area (Å²) in [6.07, 6.45) is 8.16. The Morgan fingerprint density at radius 1 is 1.47 bits per heavy atom. The molecule has 1 aliphatic carbocycles. The molecule has 0 aromatic carbocycles. The summed E-state index contributed by atoms with van der Waals surface area (Å²) in [5, 5.41) is 3.96. The summed E-state index contributed by atoms with van der Waals surface area (Å²) in [6.45, 7) is 3.23. The Labute approximate surface area is 108 Å². The lowest BCUT2D eigenvalue weighted by molar-refractivity contribution is 0.306. The second-order valence-electron chi connectivity index (χ2n) is 5.01. The van der Waals surface area contributed by atoms with E-state index >= 15 is 0 Å². The summed E-state index contributed by atoms with van der Waals surface area (Å²) < 4.78 is 0. The molecule has 0 amide bonds. The highest BCUT2D eigenvalue weighted by molar-refractivity contribution is 6.30. The maximum atomic E-state index is 5.88. The van der Waals surface area contributed by atoms with Gasteiger partial charge in [-0.2, -0.15) is 0 Å². The average Bonchev–Trinajstić information content (AvgIpc) is 2.77. The van der Waals surface area contributed by atoms with Crippen molar-refractivity contribution in [1.82, 2.24) is 4.98 Å². The number of aromatic nitrogens is 1. The molecule has 0 unspecified atom stereocenters. The molecule has 1 saturated carbocycles. The molecule has 0 aliphatic heterocycles. The summed E-state index contributed by atoms with van der Waals surface area (Å²) in [7, 11) is 0. The summed E-state index contributed by atoms with van der Waals surface area (Å²) in [5.74, 6) is 0.758.